The number of aromatic nitrogens is 1. The molecule has 0 aliphatic carbocycles. The predicted molar refractivity (Wildman–Crippen MR) is 128 cm³/mol. The lowest BCUT2D eigenvalue weighted by Crippen LogP contribution is -2.22. The maximum absolute atomic E-state index is 12.9. The molecule has 0 spiro atoms. The molecule has 0 bridgehead atoms. The average Bonchev–Trinajstić information content (AvgIpc) is 3.05. The standard InChI is InChI=1S/C26H21ClF3NO5/c1-15-24(35-19-8-6-18(27)7-9-19)22-11-10-21(36-26(28,29)30)13-23(22)31(15)14-17-4-3-5-20(12-17)34-16(2)25(32)33/h3-13,16H,14H2,1-2H3,(H,32,33)/t16-/m1/s1. The van der Waals surface area contributed by atoms with Crippen LogP contribution in [0.25, 0.3) is 10.9 Å². The van der Waals surface area contributed by atoms with Gasteiger partial charge in [0.1, 0.15) is 17.2 Å². The van der Waals surface area contributed by atoms with Crippen molar-refractivity contribution in [2.24, 2.45) is 0 Å². The number of ether oxygens (including phenoxy) is 3. The Balaban J connectivity index is 1.76. The van der Waals surface area contributed by atoms with E-state index in [-0.39, 0.29) is 12.3 Å². The van der Waals surface area contributed by atoms with Crippen LogP contribution >= 0.6 is 11.6 Å². The van der Waals surface area contributed by atoms with E-state index in [0.717, 1.165) is 5.56 Å². The van der Waals surface area contributed by atoms with E-state index in [9.17, 15) is 18.0 Å². The van der Waals surface area contributed by atoms with Gasteiger partial charge in [-0.15, -0.1) is 13.2 Å². The van der Waals surface area contributed by atoms with Gasteiger partial charge in [0.05, 0.1) is 11.2 Å². The van der Waals surface area contributed by atoms with Crippen LogP contribution in [0.1, 0.15) is 18.2 Å². The lowest BCUT2D eigenvalue weighted by molar-refractivity contribution is -0.274. The highest BCUT2D eigenvalue weighted by atomic mass is 35.5. The van der Waals surface area contributed by atoms with E-state index in [2.05, 4.69) is 4.74 Å². The van der Waals surface area contributed by atoms with Crippen molar-refractivity contribution in [3.8, 4) is 23.0 Å². The molecule has 6 nitrogen and oxygen atoms in total. The highest BCUT2D eigenvalue weighted by molar-refractivity contribution is 6.30. The van der Waals surface area contributed by atoms with Crippen molar-refractivity contribution in [3.63, 3.8) is 0 Å². The smallest absolute Gasteiger partial charge is 0.479 e. The third-order valence-electron chi connectivity index (χ3n) is 5.40. The second-order valence-electron chi connectivity index (χ2n) is 8.03. The van der Waals surface area contributed by atoms with Crippen LogP contribution in [0.5, 0.6) is 23.0 Å². The quantitative estimate of drug-likeness (QED) is 0.267. The fourth-order valence-electron chi connectivity index (χ4n) is 3.73. The first-order chi connectivity index (χ1) is 17.0. The molecule has 4 aromatic rings. The minimum atomic E-state index is -4.84. The summed E-state index contributed by atoms with van der Waals surface area (Å²) in [4.78, 5) is 11.1. The molecule has 0 aliphatic heterocycles. The van der Waals surface area contributed by atoms with Gasteiger partial charge in [-0.25, -0.2) is 4.79 Å². The topological polar surface area (TPSA) is 69.9 Å². The van der Waals surface area contributed by atoms with Crippen LogP contribution in [-0.2, 0) is 11.3 Å². The fourth-order valence-corrected chi connectivity index (χ4v) is 3.86. The molecule has 0 aliphatic rings. The van der Waals surface area contributed by atoms with Crippen LogP contribution in [0, 0.1) is 6.92 Å². The summed E-state index contributed by atoms with van der Waals surface area (Å²) in [6.07, 6.45) is -5.88. The normalized spacial score (nSPS) is 12.4. The zero-order chi connectivity index (χ0) is 26.0. The Morgan fingerprint density at radius 3 is 2.39 bits per heavy atom. The molecule has 4 rings (SSSR count). The Kier molecular flexibility index (Phi) is 7.03. The molecule has 3 aromatic carbocycles. The third-order valence-corrected chi connectivity index (χ3v) is 5.66. The highest BCUT2D eigenvalue weighted by Gasteiger charge is 2.31. The lowest BCUT2D eigenvalue weighted by atomic mass is 10.2. The van der Waals surface area contributed by atoms with Gasteiger partial charge in [-0.2, -0.15) is 0 Å². The summed E-state index contributed by atoms with van der Waals surface area (Å²) in [5, 5.41) is 10.2. The number of benzene rings is 3. The van der Waals surface area contributed by atoms with Crippen molar-refractivity contribution < 1.29 is 37.3 Å². The summed E-state index contributed by atoms with van der Waals surface area (Å²) < 4.78 is 56.1. The zero-order valence-electron chi connectivity index (χ0n) is 19.2. The average molecular weight is 520 g/mol. The van der Waals surface area contributed by atoms with Crippen molar-refractivity contribution in [2.75, 3.05) is 0 Å². The SMILES string of the molecule is Cc1c(Oc2ccc(Cl)cc2)c2ccc(OC(F)(F)F)cc2n1Cc1cccc(O[C@H](C)C(=O)O)c1. The summed E-state index contributed by atoms with van der Waals surface area (Å²) in [5.74, 6) is -0.128. The third kappa shape index (κ3) is 5.85. The van der Waals surface area contributed by atoms with Gasteiger partial charge in [-0.3, -0.25) is 0 Å². The number of carboxylic acids is 1. The zero-order valence-corrected chi connectivity index (χ0v) is 19.9. The Hall–Kier alpha value is -3.85. The van der Waals surface area contributed by atoms with Crippen LogP contribution in [0.4, 0.5) is 13.2 Å². The molecule has 1 N–H and O–H groups in total. The van der Waals surface area contributed by atoms with E-state index < -0.39 is 18.4 Å². The van der Waals surface area contributed by atoms with Crippen LogP contribution < -0.4 is 14.2 Å². The second-order valence-corrected chi connectivity index (χ2v) is 8.47. The molecule has 0 amide bonds. The molecule has 188 valence electrons. The molecular formula is C26H21ClF3NO5. The summed E-state index contributed by atoms with van der Waals surface area (Å²) in [7, 11) is 0. The van der Waals surface area contributed by atoms with Gasteiger partial charge in [0.2, 0.25) is 0 Å². The molecule has 0 fully saturated rings. The van der Waals surface area contributed by atoms with Gasteiger partial charge in [0, 0.05) is 23.0 Å². The number of carbonyl (C=O) groups is 1. The Morgan fingerprint density at radius 2 is 1.72 bits per heavy atom. The Bertz CT molecular complexity index is 1400. The van der Waals surface area contributed by atoms with Gasteiger partial charge in [-0.1, -0.05) is 23.7 Å². The lowest BCUT2D eigenvalue weighted by Gasteiger charge is -2.14. The van der Waals surface area contributed by atoms with E-state index in [1.54, 1.807) is 60.0 Å². The second kappa shape index (κ2) is 10.0. The first-order valence-corrected chi connectivity index (χ1v) is 11.2. The number of aliphatic carboxylic acids is 1. The number of rotatable bonds is 8. The minimum Gasteiger partial charge on any atom is -0.479 e. The number of carboxylic acid groups (broad SMARTS) is 1. The van der Waals surface area contributed by atoms with Crippen molar-refractivity contribution in [2.45, 2.75) is 32.9 Å². The van der Waals surface area contributed by atoms with Gasteiger partial charge in [0.15, 0.2) is 11.9 Å². The molecule has 36 heavy (non-hydrogen) atoms. The number of nitrogens with zero attached hydrogens (tertiary/aromatic N) is 1. The first-order valence-electron chi connectivity index (χ1n) is 10.8. The highest BCUT2D eigenvalue weighted by Crippen LogP contribution is 2.39. The summed E-state index contributed by atoms with van der Waals surface area (Å²) >= 11 is 5.96. The molecule has 1 heterocycles. The van der Waals surface area contributed by atoms with E-state index in [1.165, 1.54) is 25.1 Å². The molecule has 1 atom stereocenters. The van der Waals surface area contributed by atoms with Crippen LogP contribution in [0.2, 0.25) is 5.02 Å². The van der Waals surface area contributed by atoms with Gasteiger partial charge in [-0.05, 0) is 67.9 Å². The van der Waals surface area contributed by atoms with Crippen LogP contribution in [0.3, 0.4) is 0 Å². The van der Waals surface area contributed by atoms with E-state index >= 15 is 0 Å². The Morgan fingerprint density at radius 1 is 1.03 bits per heavy atom. The molecule has 0 unspecified atom stereocenters. The minimum absolute atomic E-state index is 0.250. The fraction of sp³-hybridized carbons (Fsp3) is 0.192. The number of hydrogen-bond donors (Lipinski definition) is 1. The van der Waals surface area contributed by atoms with Crippen molar-refractivity contribution in [1.82, 2.24) is 4.57 Å². The summed E-state index contributed by atoms with van der Waals surface area (Å²) in [6, 6.07) is 17.6. The van der Waals surface area contributed by atoms with Crippen molar-refractivity contribution >= 4 is 28.5 Å². The molecular weight excluding hydrogens is 499 g/mol. The van der Waals surface area contributed by atoms with Gasteiger partial charge < -0.3 is 23.9 Å². The van der Waals surface area contributed by atoms with Gasteiger partial charge >= 0.3 is 12.3 Å². The van der Waals surface area contributed by atoms with Crippen LogP contribution in [0.15, 0.2) is 66.7 Å². The number of halogens is 4. The molecule has 0 radical (unpaired) electrons. The largest absolute Gasteiger partial charge is 0.573 e. The van der Waals surface area contributed by atoms with E-state index in [0.29, 0.717) is 38.9 Å². The van der Waals surface area contributed by atoms with Crippen molar-refractivity contribution in [1.29, 1.82) is 0 Å². The van der Waals surface area contributed by atoms with Crippen LogP contribution in [-0.4, -0.2) is 28.1 Å². The monoisotopic (exact) mass is 519 g/mol. The summed E-state index contributed by atoms with van der Waals surface area (Å²) in [6.45, 7) is 3.46. The van der Waals surface area contributed by atoms with Gasteiger partial charge in [0.25, 0.3) is 0 Å². The molecule has 0 saturated carbocycles. The molecule has 10 heteroatoms. The van der Waals surface area contributed by atoms with Crippen molar-refractivity contribution in [3.05, 3.63) is 83.0 Å². The summed E-state index contributed by atoms with van der Waals surface area (Å²) in [5.41, 5.74) is 1.86. The molecule has 0 saturated heterocycles. The maximum atomic E-state index is 12.9. The molecule has 1 aromatic heterocycles. The first kappa shape index (κ1) is 25.2. The predicted octanol–water partition coefficient (Wildman–Crippen LogP) is 7.19. The maximum Gasteiger partial charge on any atom is 0.573 e. The number of fused-ring (bicyclic) bond motifs is 1. The Labute approximate surface area is 209 Å². The van der Waals surface area contributed by atoms with E-state index in [4.69, 9.17) is 26.2 Å². The number of alkyl halides is 3. The number of hydrogen-bond acceptors (Lipinski definition) is 4. The van der Waals surface area contributed by atoms with E-state index in [1.807, 2.05) is 0 Å².